The summed E-state index contributed by atoms with van der Waals surface area (Å²) in [5, 5.41) is 0. The van der Waals surface area contributed by atoms with Gasteiger partial charge in [0.2, 0.25) is 0 Å². The van der Waals surface area contributed by atoms with Crippen molar-refractivity contribution in [2.75, 3.05) is 6.61 Å². The SMILES string of the molecule is CCCCCC1CCC(C(=O)Oc2ccc(C)c(F)c2C(F)F)OC1. The molecule has 2 unspecified atom stereocenters. The van der Waals surface area contributed by atoms with E-state index in [0.29, 0.717) is 18.9 Å². The van der Waals surface area contributed by atoms with E-state index in [2.05, 4.69) is 6.92 Å². The molecule has 140 valence electrons. The number of ether oxygens (including phenoxy) is 2. The molecule has 2 atom stereocenters. The Bertz CT molecular complexity index is 582. The molecule has 0 spiro atoms. The number of esters is 1. The molecule has 0 saturated carbocycles. The van der Waals surface area contributed by atoms with Crippen molar-refractivity contribution in [3.8, 4) is 5.75 Å². The normalized spacial score (nSPS) is 20.7. The van der Waals surface area contributed by atoms with Gasteiger partial charge in [-0.2, -0.15) is 0 Å². The molecule has 25 heavy (non-hydrogen) atoms. The maximum absolute atomic E-state index is 13.9. The molecule has 2 rings (SSSR count). The van der Waals surface area contributed by atoms with Crippen molar-refractivity contribution >= 4 is 5.97 Å². The van der Waals surface area contributed by atoms with Crippen molar-refractivity contribution in [1.82, 2.24) is 0 Å². The Morgan fingerprint density at radius 1 is 1.32 bits per heavy atom. The molecular weight excluding hydrogens is 333 g/mol. The van der Waals surface area contributed by atoms with Crippen molar-refractivity contribution < 1.29 is 27.4 Å². The van der Waals surface area contributed by atoms with Gasteiger partial charge in [-0.25, -0.2) is 18.0 Å². The average Bonchev–Trinajstić information content (AvgIpc) is 2.58. The molecule has 1 saturated heterocycles. The molecule has 3 nitrogen and oxygen atoms in total. The highest BCUT2D eigenvalue weighted by molar-refractivity contribution is 5.77. The molecule has 1 aromatic carbocycles. The number of unbranched alkanes of at least 4 members (excludes halogenated alkanes) is 2. The summed E-state index contributed by atoms with van der Waals surface area (Å²) in [6.07, 6.45) is 2.03. The van der Waals surface area contributed by atoms with Crippen LogP contribution in [0.2, 0.25) is 0 Å². The van der Waals surface area contributed by atoms with E-state index in [1.165, 1.54) is 25.5 Å². The maximum atomic E-state index is 13.9. The number of aryl methyl sites for hydroxylation is 1. The number of hydrogen-bond donors (Lipinski definition) is 0. The molecule has 0 aliphatic carbocycles. The third-order valence-corrected chi connectivity index (χ3v) is 4.61. The molecular formula is C19H25F3O3. The molecule has 0 N–H and O–H groups in total. The second-order valence-electron chi connectivity index (χ2n) is 6.59. The van der Waals surface area contributed by atoms with Crippen molar-refractivity contribution in [1.29, 1.82) is 0 Å². The number of halogens is 3. The van der Waals surface area contributed by atoms with E-state index >= 15 is 0 Å². The molecule has 1 fully saturated rings. The lowest BCUT2D eigenvalue weighted by Crippen LogP contribution is -2.35. The minimum Gasteiger partial charge on any atom is -0.424 e. The van der Waals surface area contributed by atoms with Crippen LogP contribution in [0.3, 0.4) is 0 Å². The van der Waals surface area contributed by atoms with Crippen molar-refractivity contribution in [3.05, 3.63) is 29.1 Å². The first-order valence-corrected chi connectivity index (χ1v) is 8.84. The van der Waals surface area contributed by atoms with Gasteiger partial charge in [0.15, 0.2) is 6.10 Å². The zero-order valence-corrected chi connectivity index (χ0v) is 14.7. The summed E-state index contributed by atoms with van der Waals surface area (Å²) in [7, 11) is 0. The van der Waals surface area contributed by atoms with Gasteiger partial charge < -0.3 is 9.47 Å². The van der Waals surface area contributed by atoms with Gasteiger partial charge in [0, 0.05) is 0 Å². The molecule has 0 aromatic heterocycles. The first-order valence-electron chi connectivity index (χ1n) is 8.84. The van der Waals surface area contributed by atoms with Crippen LogP contribution in [0.15, 0.2) is 12.1 Å². The summed E-state index contributed by atoms with van der Waals surface area (Å²) in [5.41, 5.74) is -0.791. The Morgan fingerprint density at radius 3 is 2.68 bits per heavy atom. The molecule has 0 amide bonds. The van der Waals surface area contributed by atoms with Crippen molar-refractivity contribution in [3.63, 3.8) is 0 Å². The highest BCUT2D eigenvalue weighted by Gasteiger charge is 2.30. The summed E-state index contributed by atoms with van der Waals surface area (Å²) in [5.74, 6) is -1.79. The largest absolute Gasteiger partial charge is 0.424 e. The first-order chi connectivity index (χ1) is 11.9. The molecule has 1 aromatic rings. The fraction of sp³-hybridized carbons (Fsp3) is 0.632. The van der Waals surface area contributed by atoms with E-state index in [0.717, 1.165) is 25.7 Å². The minimum absolute atomic E-state index is 0.0823. The fourth-order valence-corrected chi connectivity index (χ4v) is 3.05. The summed E-state index contributed by atoms with van der Waals surface area (Å²) >= 11 is 0. The lowest BCUT2D eigenvalue weighted by molar-refractivity contribution is -0.152. The number of benzene rings is 1. The van der Waals surface area contributed by atoms with Crippen LogP contribution in [0.4, 0.5) is 13.2 Å². The van der Waals surface area contributed by atoms with Crippen LogP contribution in [0.25, 0.3) is 0 Å². The number of alkyl halides is 2. The molecule has 1 aliphatic rings. The summed E-state index contributed by atoms with van der Waals surface area (Å²) in [4.78, 5) is 12.2. The van der Waals surface area contributed by atoms with Crippen LogP contribution in [-0.2, 0) is 9.53 Å². The second-order valence-corrected chi connectivity index (χ2v) is 6.59. The zero-order chi connectivity index (χ0) is 18.4. The first kappa shape index (κ1) is 19.8. The van der Waals surface area contributed by atoms with Gasteiger partial charge in [-0.1, -0.05) is 32.3 Å². The van der Waals surface area contributed by atoms with Crippen LogP contribution < -0.4 is 4.74 Å². The van der Waals surface area contributed by atoms with E-state index in [-0.39, 0.29) is 5.56 Å². The van der Waals surface area contributed by atoms with Gasteiger partial charge in [-0.05, 0) is 43.7 Å². The Morgan fingerprint density at radius 2 is 2.08 bits per heavy atom. The lowest BCUT2D eigenvalue weighted by Gasteiger charge is -2.28. The van der Waals surface area contributed by atoms with Crippen LogP contribution >= 0.6 is 0 Å². The van der Waals surface area contributed by atoms with Crippen LogP contribution in [0.5, 0.6) is 5.75 Å². The predicted octanol–water partition coefficient (Wildman–Crippen LogP) is 5.35. The van der Waals surface area contributed by atoms with Crippen LogP contribution in [-0.4, -0.2) is 18.7 Å². The van der Waals surface area contributed by atoms with Gasteiger partial charge >= 0.3 is 5.97 Å². The predicted molar refractivity (Wildman–Crippen MR) is 88.3 cm³/mol. The highest BCUT2D eigenvalue weighted by atomic mass is 19.3. The fourth-order valence-electron chi connectivity index (χ4n) is 3.05. The van der Waals surface area contributed by atoms with Crippen LogP contribution in [0, 0.1) is 18.7 Å². The lowest BCUT2D eigenvalue weighted by atomic mass is 9.93. The Labute approximate surface area is 146 Å². The molecule has 0 bridgehead atoms. The average molecular weight is 358 g/mol. The molecule has 0 radical (unpaired) electrons. The molecule has 6 heteroatoms. The minimum atomic E-state index is -3.06. The van der Waals surface area contributed by atoms with Gasteiger partial charge in [-0.3, -0.25) is 0 Å². The topological polar surface area (TPSA) is 35.5 Å². The van der Waals surface area contributed by atoms with Crippen molar-refractivity contribution in [2.24, 2.45) is 5.92 Å². The standard InChI is InChI=1S/C19H25F3O3/c1-3-4-5-6-13-8-10-15(24-11-13)19(23)25-14-9-7-12(2)17(20)16(14)18(21)22/h7,9,13,15,18H,3-6,8,10-11H2,1-2H3. The van der Waals surface area contributed by atoms with E-state index in [1.807, 2.05) is 0 Å². The van der Waals surface area contributed by atoms with E-state index in [1.54, 1.807) is 0 Å². The summed E-state index contributed by atoms with van der Waals surface area (Å²) in [6.45, 7) is 3.99. The smallest absolute Gasteiger partial charge is 0.340 e. The third-order valence-electron chi connectivity index (χ3n) is 4.61. The maximum Gasteiger partial charge on any atom is 0.340 e. The molecule has 1 aliphatic heterocycles. The second kappa shape index (κ2) is 9.22. The number of carbonyl (C=O) groups is 1. The van der Waals surface area contributed by atoms with E-state index < -0.39 is 35.6 Å². The number of carbonyl (C=O) groups excluding carboxylic acids is 1. The molecule has 1 heterocycles. The zero-order valence-electron chi connectivity index (χ0n) is 14.7. The summed E-state index contributed by atoms with van der Waals surface area (Å²) < 4.78 is 50.7. The Kier molecular flexibility index (Phi) is 7.29. The third kappa shape index (κ3) is 5.21. The van der Waals surface area contributed by atoms with Crippen molar-refractivity contribution in [2.45, 2.75) is 64.9 Å². The Hall–Kier alpha value is -1.56. The van der Waals surface area contributed by atoms with Gasteiger partial charge in [0.05, 0.1) is 12.2 Å². The van der Waals surface area contributed by atoms with E-state index in [9.17, 15) is 18.0 Å². The van der Waals surface area contributed by atoms with Gasteiger partial charge in [-0.15, -0.1) is 0 Å². The van der Waals surface area contributed by atoms with Gasteiger partial charge in [0.25, 0.3) is 6.43 Å². The highest BCUT2D eigenvalue weighted by Crippen LogP contribution is 2.34. The number of hydrogen-bond acceptors (Lipinski definition) is 3. The Balaban J connectivity index is 1.94. The van der Waals surface area contributed by atoms with Gasteiger partial charge in [0.1, 0.15) is 11.6 Å². The quantitative estimate of drug-likeness (QED) is 0.374. The monoisotopic (exact) mass is 358 g/mol. The van der Waals surface area contributed by atoms with E-state index in [4.69, 9.17) is 9.47 Å². The van der Waals surface area contributed by atoms with Crippen LogP contribution in [0.1, 0.15) is 63.0 Å². The number of rotatable bonds is 7. The summed E-state index contributed by atoms with van der Waals surface area (Å²) in [6, 6.07) is 2.52.